The molecule has 3 N–H and O–H groups in total. The molecular formula is C29H30F5N5O. The number of rotatable bonds is 8. The number of carbonyl (C=O) groups excluding carboxylic acids is 1. The molecule has 0 saturated carbocycles. The van der Waals surface area contributed by atoms with Crippen molar-refractivity contribution in [2.45, 2.75) is 24.8 Å². The molecule has 11 heteroatoms. The number of piperidine rings is 1. The Balaban J connectivity index is 1.62. The van der Waals surface area contributed by atoms with E-state index >= 15 is 0 Å². The summed E-state index contributed by atoms with van der Waals surface area (Å²) in [6, 6.07) is 9.97. The molecular weight excluding hydrogens is 529 g/mol. The van der Waals surface area contributed by atoms with E-state index in [-0.39, 0.29) is 41.1 Å². The molecule has 212 valence electrons. The number of fused-ring (bicyclic) bond motifs is 1. The van der Waals surface area contributed by atoms with Crippen LogP contribution in [0.5, 0.6) is 0 Å². The minimum Gasteiger partial charge on any atom is -0.379 e. The van der Waals surface area contributed by atoms with Gasteiger partial charge in [-0.05, 0) is 49.9 Å². The highest BCUT2D eigenvalue weighted by atomic mass is 19.4. The Bertz CT molecular complexity index is 1440. The van der Waals surface area contributed by atoms with Crippen molar-refractivity contribution in [2.75, 3.05) is 44.4 Å². The summed E-state index contributed by atoms with van der Waals surface area (Å²) in [7, 11) is 3.28. The average Bonchev–Trinajstić information content (AvgIpc) is 2.91. The van der Waals surface area contributed by atoms with E-state index < -0.39 is 35.7 Å². The van der Waals surface area contributed by atoms with Gasteiger partial charge in [-0.2, -0.15) is 13.2 Å². The van der Waals surface area contributed by atoms with E-state index in [0.29, 0.717) is 24.0 Å². The largest absolute Gasteiger partial charge is 0.417 e. The van der Waals surface area contributed by atoms with Gasteiger partial charge < -0.3 is 20.9 Å². The molecule has 2 heterocycles. The van der Waals surface area contributed by atoms with Crippen LogP contribution in [0.4, 0.5) is 33.3 Å². The van der Waals surface area contributed by atoms with Crippen molar-refractivity contribution in [3.8, 4) is 0 Å². The number of alkyl halides is 4. The monoisotopic (exact) mass is 559 g/mol. The third kappa shape index (κ3) is 6.59. The number of halogens is 5. The zero-order chi connectivity index (χ0) is 29.0. The van der Waals surface area contributed by atoms with Gasteiger partial charge in [0.25, 0.3) is 5.91 Å². The zero-order valence-electron chi connectivity index (χ0n) is 22.1. The predicted octanol–water partition coefficient (Wildman–Crippen LogP) is 5.89. The second-order valence-corrected chi connectivity index (χ2v) is 9.65. The third-order valence-corrected chi connectivity index (χ3v) is 6.77. The fourth-order valence-corrected chi connectivity index (χ4v) is 4.58. The molecule has 0 unspecified atom stereocenters. The first-order valence-electron chi connectivity index (χ1n) is 12.7. The zero-order valence-corrected chi connectivity index (χ0v) is 22.1. The molecule has 4 rings (SSSR count). The quantitative estimate of drug-likeness (QED) is 0.301. The molecule has 1 aliphatic rings. The van der Waals surface area contributed by atoms with Crippen molar-refractivity contribution in [3.05, 3.63) is 77.9 Å². The number of allylic oxidation sites excluding steroid dienone is 1. The van der Waals surface area contributed by atoms with E-state index in [1.165, 1.54) is 31.3 Å². The summed E-state index contributed by atoms with van der Waals surface area (Å²) in [4.78, 5) is 17.8. The van der Waals surface area contributed by atoms with Gasteiger partial charge in [0, 0.05) is 48.7 Å². The molecule has 1 fully saturated rings. The normalized spacial score (nSPS) is 18.2. The summed E-state index contributed by atoms with van der Waals surface area (Å²) in [6.07, 6.45) is -2.20. The number of likely N-dealkylation sites (tertiary alicyclic amines) is 1. The molecule has 1 aromatic heterocycles. The molecule has 3 aromatic rings. The SMILES string of the molecule is C=C(c1nc(/C=C/CNc2ccc(C(=O)NC)cc2F)cc2c(N[C@@H]3CCN(C)C[C@@H]3F)cccc12)C(F)(F)F. The highest BCUT2D eigenvalue weighted by molar-refractivity contribution is 6.01. The summed E-state index contributed by atoms with van der Waals surface area (Å²) < 4.78 is 70.2. The average molecular weight is 560 g/mol. The maximum atomic E-state index is 14.7. The summed E-state index contributed by atoms with van der Waals surface area (Å²) in [5.74, 6) is -1.05. The minimum atomic E-state index is -4.70. The molecule has 1 aliphatic heterocycles. The number of amides is 1. The molecule has 0 spiro atoms. The van der Waals surface area contributed by atoms with Crippen molar-refractivity contribution < 1.29 is 26.7 Å². The van der Waals surface area contributed by atoms with Gasteiger partial charge in [-0.3, -0.25) is 4.79 Å². The molecule has 0 radical (unpaired) electrons. The number of hydrogen-bond donors (Lipinski definition) is 3. The van der Waals surface area contributed by atoms with Crippen molar-refractivity contribution in [3.63, 3.8) is 0 Å². The predicted molar refractivity (Wildman–Crippen MR) is 149 cm³/mol. The van der Waals surface area contributed by atoms with E-state index in [2.05, 4.69) is 27.5 Å². The lowest BCUT2D eigenvalue weighted by Crippen LogP contribution is -2.46. The maximum Gasteiger partial charge on any atom is 0.417 e. The van der Waals surface area contributed by atoms with E-state index in [4.69, 9.17) is 0 Å². The molecule has 2 atom stereocenters. The van der Waals surface area contributed by atoms with E-state index in [1.807, 2.05) is 11.9 Å². The van der Waals surface area contributed by atoms with Gasteiger partial charge in [-0.1, -0.05) is 24.8 Å². The van der Waals surface area contributed by atoms with E-state index in [9.17, 15) is 26.7 Å². The Morgan fingerprint density at radius 2 is 1.95 bits per heavy atom. The Kier molecular flexibility index (Phi) is 8.73. The van der Waals surface area contributed by atoms with Gasteiger partial charge in [-0.15, -0.1) is 0 Å². The number of carbonyl (C=O) groups is 1. The summed E-state index contributed by atoms with van der Waals surface area (Å²) in [5, 5.41) is 9.16. The van der Waals surface area contributed by atoms with Crippen LogP contribution in [0.25, 0.3) is 22.4 Å². The Morgan fingerprint density at radius 1 is 1.18 bits per heavy atom. The van der Waals surface area contributed by atoms with Crippen LogP contribution in [0.1, 0.15) is 28.2 Å². The van der Waals surface area contributed by atoms with Crippen LogP contribution in [-0.4, -0.2) is 67.9 Å². The number of hydrogen-bond acceptors (Lipinski definition) is 5. The van der Waals surface area contributed by atoms with Crippen molar-refractivity contribution in [1.82, 2.24) is 15.2 Å². The summed E-state index contributed by atoms with van der Waals surface area (Å²) >= 11 is 0. The Morgan fingerprint density at radius 3 is 2.62 bits per heavy atom. The molecule has 40 heavy (non-hydrogen) atoms. The van der Waals surface area contributed by atoms with Gasteiger partial charge in [0.15, 0.2) is 0 Å². The topological polar surface area (TPSA) is 69.3 Å². The van der Waals surface area contributed by atoms with Crippen LogP contribution in [-0.2, 0) is 0 Å². The molecule has 1 saturated heterocycles. The first-order valence-corrected chi connectivity index (χ1v) is 12.7. The van der Waals surface area contributed by atoms with E-state index in [1.54, 1.807) is 24.3 Å². The number of benzene rings is 2. The molecule has 2 aromatic carbocycles. The smallest absolute Gasteiger partial charge is 0.379 e. The Hall–Kier alpha value is -3.99. The van der Waals surface area contributed by atoms with Crippen LogP contribution in [0.2, 0.25) is 0 Å². The van der Waals surface area contributed by atoms with Crippen LogP contribution in [0, 0.1) is 5.82 Å². The summed E-state index contributed by atoms with van der Waals surface area (Å²) in [6.45, 7) is 4.33. The van der Waals surface area contributed by atoms with Gasteiger partial charge in [-0.25, -0.2) is 13.8 Å². The lowest BCUT2D eigenvalue weighted by atomic mass is 9.99. The third-order valence-electron chi connectivity index (χ3n) is 6.77. The highest BCUT2D eigenvalue weighted by Crippen LogP contribution is 2.37. The lowest BCUT2D eigenvalue weighted by Gasteiger charge is -2.33. The highest BCUT2D eigenvalue weighted by Gasteiger charge is 2.35. The van der Waals surface area contributed by atoms with Gasteiger partial charge >= 0.3 is 6.18 Å². The fourth-order valence-electron chi connectivity index (χ4n) is 4.58. The van der Waals surface area contributed by atoms with Crippen molar-refractivity contribution >= 4 is 39.7 Å². The van der Waals surface area contributed by atoms with Crippen molar-refractivity contribution in [2.24, 2.45) is 0 Å². The second kappa shape index (κ2) is 12.0. The molecule has 0 bridgehead atoms. The lowest BCUT2D eigenvalue weighted by molar-refractivity contribution is -0.0688. The number of anilines is 2. The first kappa shape index (κ1) is 29.0. The fraction of sp³-hybridized carbons (Fsp3) is 0.310. The molecule has 0 aliphatic carbocycles. The second-order valence-electron chi connectivity index (χ2n) is 9.65. The Labute approximate surface area is 229 Å². The van der Waals surface area contributed by atoms with Crippen LogP contribution in [0.3, 0.4) is 0 Å². The maximum absolute atomic E-state index is 14.7. The molecule has 6 nitrogen and oxygen atoms in total. The number of pyridine rings is 1. The first-order chi connectivity index (χ1) is 19.0. The van der Waals surface area contributed by atoms with Gasteiger partial charge in [0.05, 0.1) is 28.7 Å². The van der Waals surface area contributed by atoms with Gasteiger partial charge in [0.1, 0.15) is 12.0 Å². The van der Waals surface area contributed by atoms with Crippen LogP contribution >= 0.6 is 0 Å². The minimum absolute atomic E-state index is 0.129. The molecule has 1 amide bonds. The number of nitrogens with one attached hydrogen (secondary N) is 3. The van der Waals surface area contributed by atoms with Gasteiger partial charge in [0.2, 0.25) is 0 Å². The number of nitrogens with zero attached hydrogens (tertiary/aromatic N) is 2. The van der Waals surface area contributed by atoms with E-state index in [0.717, 1.165) is 6.07 Å². The number of aromatic nitrogens is 1. The van der Waals surface area contributed by atoms with Crippen LogP contribution < -0.4 is 16.0 Å². The van der Waals surface area contributed by atoms with Crippen molar-refractivity contribution in [1.29, 1.82) is 0 Å². The summed E-state index contributed by atoms with van der Waals surface area (Å²) in [5.41, 5.74) is -0.372. The van der Waals surface area contributed by atoms with Crippen LogP contribution in [0.15, 0.2) is 55.1 Å². The standard InChI is InChI=1S/C29H30F5N5O/c1-17(29(32,33)34)27-20-7-4-8-24(38-26-11-13-39(3)16-23(26)31)21(20)15-19(37-27)6-5-12-36-25-10-9-18(14-22(25)30)28(40)35-2/h4-10,14-15,23,26,36,38H,1,11-13,16H2,2-3H3,(H,35,40)/b6-5+/t23-,26+/m0/s1.